The third-order valence-corrected chi connectivity index (χ3v) is 2.52. The fourth-order valence-corrected chi connectivity index (χ4v) is 1.54. The Morgan fingerprint density at radius 1 is 1.46 bits per heavy atom. The number of hydrogen-bond acceptors (Lipinski definition) is 3. The first-order valence-electron chi connectivity index (χ1n) is 4.83. The van der Waals surface area contributed by atoms with E-state index in [1.165, 1.54) is 6.42 Å². The largest absolute Gasteiger partial charge is 0.382 e. The lowest BCUT2D eigenvalue weighted by molar-refractivity contribution is 0.569. The van der Waals surface area contributed by atoms with Gasteiger partial charge in [-0.1, -0.05) is 6.92 Å². The topological polar surface area (TPSA) is 37.0 Å². The molecule has 2 heterocycles. The van der Waals surface area contributed by atoms with Crippen LogP contribution in [0, 0.1) is 5.92 Å². The highest BCUT2D eigenvalue weighted by Crippen LogP contribution is 2.22. The molecule has 0 fully saturated rings. The lowest BCUT2D eigenvalue weighted by Gasteiger charge is -2.10. The van der Waals surface area contributed by atoms with Gasteiger partial charge in [-0.25, -0.2) is 4.98 Å². The van der Waals surface area contributed by atoms with Gasteiger partial charge in [0.05, 0.1) is 5.69 Å². The van der Waals surface area contributed by atoms with Crippen molar-refractivity contribution in [2.24, 2.45) is 5.92 Å². The van der Waals surface area contributed by atoms with Crippen LogP contribution in [0.5, 0.6) is 0 Å². The normalized spacial score (nSPS) is 20.8. The standard InChI is InChI=1S/C10H15N3/c1-2-8-6-12-9-4-3-5-11-10(9)13-7-8/h3-5,8,12H,2,6-7H2,1H3,(H,11,13). The van der Waals surface area contributed by atoms with E-state index in [2.05, 4.69) is 28.6 Å². The third kappa shape index (κ3) is 1.74. The van der Waals surface area contributed by atoms with Gasteiger partial charge in [0.1, 0.15) is 5.82 Å². The van der Waals surface area contributed by atoms with E-state index < -0.39 is 0 Å². The number of hydrogen-bond donors (Lipinski definition) is 2. The van der Waals surface area contributed by atoms with Crippen molar-refractivity contribution in [3.05, 3.63) is 18.3 Å². The molecule has 0 bridgehead atoms. The van der Waals surface area contributed by atoms with E-state index in [4.69, 9.17) is 0 Å². The van der Waals surface area contributed by atoms with Gasteiger partial charge in [-0.05, 0) is 24.5 Å². The molecule has 2 N–H and O–H groups in total. The molecule has 3 heteroatoms. The molecule has 0 spiro atoms. The molecule has 3 nitrogen and oxygen atoms in total. The number of rotatable bonds is 1. The summed E-state index contributed by atoms with van der Waals surface area (Å²) in [5.41, 5.74) is 1.12. The average Bonchev–Trinajstić information content (AvgIpc) is 2.39. The maximum Gasteiger partial charge on any atom is 0.149 e. The van der Waals surface area contributed by atoms with Crippen molar-refractivity contribution in [2.45, 2.75) is 13.3 Å². The van der Waals surface area contributed by atoms with Crippen LogP contribution in [0.25, 0.3) is 0 Å². The lowest BCUT2D eigenvalue weighted by atomic mass is 10.1. The molecule has 0 amide bonds. The predicted octanol–water partition coefficient (Wildman–Crippen LogP) is 1.95. The second-order valence-corrected chi connectivity index (χ2v) is 3.44. The summed E-state index contributed by atoms with van der Waals surface area (Å²) in [6.45, 7) is 4.28. The van der Waals surface area contributed by atoms with Crippen LogP contribution < -0.4 is 10.6 Å². The van der Waals surface area contributed by atoms with Crippen molar-refractivity contribution >= 4 is 11.5 Å². The smallest absolute Gasteiger partial charge is 0.149 e. The van der Waals surface area contributed by atoms with Gasteiger partial charge in [-0.3, -0.25) is 0 Å². The Bertz CT molecular complexity index is 258. The number of nitrogens with one attached hydrogen (secondary N) is 2. The Kier molecular flexibility index (Phi) is 2.34. The van der Waals surface area contributed by atoms with Crippen molar-refractivity contribution in [2.75, 3.05) is 23.7 Å². The van der Waals surface area contributed by atoms with Crippen molar-refractivity contribution < 1.29 is 0 Å². The number of anilines is 2. The van der Waals surface area contributed by atoms with E-state index in [9.17, 15) is 0 Å². The Balaban J connectivity index is 2.17. The van der Waals surface area contributed by atoms with Crippen LogP contribution in [-0.4, -0.2) is 18.1 Å². The second-order valence-electron chi connectivity index (χ2n) is 3.44. The summed E-state index contributed by atoms with van der Waals surface area (Å²) in [6.07, 6.45) is 3.02. The molecule has 1 aliphatic heterocycles. The predicted molar refractivity (Wildman–Crippen MR) is 55.0 cm³/mol. The molecular weight excluding hydrogens is 162 g/mol. The van der Waals surface area contributed by atoms with Gasteiger partial charge in [0.15, 0.2) is 0 Å². The van der Waals surface area contributed by atoms with Gasteiger partial charge in [-0.15, -0.1) is 0 Å². The molecule has 0 aromatic carbocycles. The SMILES string of the molecule is CCC1CNc2cccnc2NC1. The highest BCUT2D eigenvalue weighted by Gasteiger charge is 2.13. The summed E-state index contributed by atoms with van der Waals surface area (Å²) < 4.78 is 0. The molecule has 0 saturated heterocycles. The van der Waals surface area contributed by atoms with Gasteiger partial charge >= 0.3 is 0 Å². The lowest BCUT2D eigenvalue weighted by Crippen LogP contribution is -2.17. The number of aromatic nitrogens is 1. The maximum absolute atomic E-state index is 4.27. The van der Waals surface area contributed by atoms with Crippen LogP contribution in [-0.2, 0) is 0 Å². The molecule has 1 aliphatic rings. The van der Waals surface area contributed by atoms with Gasteiger partial charge in [-0.2, -0.15) is 0 Å². The van der Waals surface area contributed by atoms with Crippen LogP contribution in [0.3, 0.4) is 0 Å². The molecule has 0 radical (unpaired) electrons. The van der Waals surface area contributed by atoms with Gasteiger partial charge in [0, 0.05) is 19.3 Å². The first-order chi connectivity index (χ1) is 6.40. The first-order valence-corrected chi connectivity index (χ1v) is 4.83. The highest BCUT2D eigenvalue weighted by molar-refractivity contribution is 5.64. The molecule has 1 unspecified atom stereocenters. The molecule has 2 rings (SSSR count). The number of nitrogens with zero attached hydrogens (tertiary/aromatic N) is 1. The number of fused-ring (bicyclic) bond motifs is 1. The minimum Gasteiger partial charge on any atom is -0.382 e. The summed E-state index contributed by atoms with van der Waals surface area (Å²) >= 11 is 0. The maximum atomic E-state index is 4.27. The molecule has 0 aliphatic carbocycles. The molecular formula is C10H15N3. The zero-order valence-corrected chi connectivity index (χ0v) is 7.88. The minimum absolute atomic E-state index is 0.703. The Morgan fingerprint density at radius 2 is 2.31 bits per heavy atom. The van der Waals surface area contributed by atoms with Crippen LogP contribution in [0.2, 0.25) is 0 Å². The summed E-state index contributed by atoms with van der Waals surface area (Å²) in [6, 6.07) is 4.02. The van der Waals surface area contributed by atoms with E-state index in [0.717, 1.165) is 24.6 Å². The Labute approximate surface area is 78.6 Å². The molecule has 1 aromatic rings. The molecule has 13 heavy (non-hydrogen) atoms. The zero-order chi connectivity index (χ0) is 9.10. The van der Waals surface area contributed by atoms with Crippen molar-refractivity contribution in [1.29, 1.82) is 0 Å². The summed E-state index contributed by atoms with van der Waals surface area (Å²) in [5.74, 6) is 1.69. The van der Waals surface area contributed by atoms with E-state index >= 15 is 0 Å². The van der Waals surface area contributed by atoms with E-state index in [1.807, 2.05) is 12.3 Å². The van der Waals surface area contributed by atoms with Crippen LogP contribution >= 0.6 is 0 Å². The van der Waals surface area contributed by atoms with Crippen LogP contribution in [0.4, 0.5) is 11.5 Å². The molecule has 0 saturated carbocycles. The Morgan fingerprint density at radius 3 is 3.15 bits per heavy atom. The second kappa shape index (κ2) is 3.64. The highest BCUT2D eigenvalue weighted by atomic mass is 15.1. The summed E-state index contributed by atoms with van der Waals surface area (Å²) in [4.78, 5) is 4.27. The minimum atomic E-state index is 0.703. The Hall–Kier alpha value is -1.25. The van der Waals surface area contributed by atoms with Crippen molar-refractivity contribution in [3.63, 3.8) is 0 Å². The van der Waals surface area contributed by atoms with Gasteiger partial charge in [0.25, 0.3) is 0 Å². The van der Waals surface area contributed by atoms with Crippen molar-refractivity contribution in [3.8, 4) is 0 Å². The van der Waals surface area contributed by atoms with Crippen LogP contribution in [0.15, 0.2) is 18.3 Å². The van der Waals surface area contributed by atoms with E-state index in [-0.39, 0.29) is 0 Å². The van der Waals surface area contributed by atoms with E-state index in [1.54, 1.807) is 0 Å². The van der Waals surface area contributed by atoms with Crippen LogP contribution in [0.1, 0.15) is 13.3 Å². The third-order valence-electron chi connectivity index (χ3n) is 2.52. The van der Waals surface area contributed by atoms with Gasteiger partial charge in [0.2, 0.25) is 0 Å². The molecule has 1 atom stereocenters. The van der Waals surface area contributed by atoms with Crippen molar-refractivity contribution in [1.82, 2.24) is 4.98 Å². The quantitative estimate of drug-likeness (QED) is 0.688. The fourth-order valence-electron chi connectivity index (χ4n) is 1.54. The summed E-state index contributed by atoms with van der Waals surface area (Å²) in [5, 5.41) is 6.75. The van der Waals surface area contributed by atoms with E-state index in [0.29, 0.717) is 5.92 Å². The summed E-state index contributed by atoms with van der Waals surface area (Å²) in [7, 11) is 0. The monoisotopic (exact) mass is 177 g/mol. The fraction of sp³-hybridized carbons (Fsp3) is 0.500. The molecule has 70 valence electrons. The average molecular weight is 177 g/mol. The molecule has 1 aromatic heterocycles. The first kappa shape index (κ1) is 8.35. The zero-order valence-electron chi connectivity index (χ0n) is 7.88. The van der Waals surface area contributed by atoms with Gasteiger partial charge < -0.3 is 10.6 Å². The number of pyridine rings is 1.